The highest BCUT2D eigenvalue weighted by Gasteiger charge is 2.08. The molecule has 0 fully saturated rings. The molecule has 7 heteroatoms. The van der Waals surface area contributed by atoms with Gasteiger partial charge in [0, 0.05) is 18.0 Å². The number of carbonyl (C=O) groups is 2. The van der Waals surface area contributed by atoms with Gasteiger partial charge in [0.2, 0.25) is 0 Å². The Morgan fingerprint density at radius 3 is 2.48 bits per heavy atom. The van der Waals surface area contributed by atoms with Crippen LogP contribution >= 0.6 is 11.6 Å². The summed E-state index contributed by atoms with van der Waals surface area (Å²) in [6, 6.07) is 13.0. The van der Waals surface area contributed by atoms with Gasteiger partial charge in [0.1, 0.15) is 11.5 Å². The molecule has 1 N–H and O–H groups in total. The summed E-state index contributed by atoms with van der Waals surface area (Å²) in [4.78, 5) is 23.5. The topological polar surface area (TPSA) is 73.9 Å². The number of carbonyl (C=O) groups excluding carboxylic acids is 2. The van der Waals surface area contributed by atoms with Crippen LogP contribution < -0.4 is 14.8 Å². The lowest BCUT2D eigenvalue weighted by molar-refractivity contribution is -0.148. The van der Waals surface area contributed by atoms with E-state index in [9.17, 15) is 9.59 Å². The SMILES string of the molecule is COc1ccc(CCNC(=O)COC(=O)CCCOc2ccc(Cl)c(C)c2)cc1. The third-order valence-electron chi connectivity index (χ3n) is 4.18. The Kier molecular flexibility index (Phi) is 9.31. The Hall–Kier alpha value is -2.73. The van der Waals surface area contributed by atoms with Gasteiger partial charge >= 0.3 is 5.97 Å². The molecule has 0 unspecified atom stereocenters. The fourth-order valence-corrected chi connectivity index (χ4v) is 2.64. The summed E-state index contributed by atoms with van der Waals surface area (Å²) in [5.41, 5.74) is 2.01. The first-order valence-corrected chi connectivity index (χ1v) is 9.80. The minimum Gasteiger partial charge on any atom is -0.497 e. The summed E-state index contributed by atoms with van der Waals surface area (Å²) in [5, 5.41) is 3.41. The van der Waals surface area contributed by atoms with Gasteiger partial charge in [-0.05, 0) is 61.2 Å². The molecule has 0 spiro atoms. The highest BCUT2D eigenvalue weighted by molar-refractivity contribution is 6.31. The first-order valence-electron chi connectivity index (χ1n) is 9.42. The Labute approximate surface area is 176 Å². The van der Waals surface area contributed by atoms with Crippen molar-refractivity contribution in [2.45, 2.75) is 26.2 Å². The monoisotopic (exact) mass is 419 g/mol. The lowest BCUT2D eigenvalue weighted by Gasteiger charge is -2.09. The molecule has 2 rings (SSSR count). The molecule has 0 saturated carbocycles. The van der Waals surface area contributed by atoms with E-state index in [0.717, 1.165) is 16.9 Å². The van der Waals surface area contributed by atoms with Crippen molar-refractivity contribution in [3.8, 4) is 11.5 Å². The zero-order valence-corrected chi connectivity index (χ0v) is 17.5. The lowest BCUT2D eigenvalue weighted by atomic mass is 10.1. The van der Waals surface area contributed by atoms with Gasteiger partial charge < -0.3 is 19.5 Å². The van der Waals surface area contributed by atoms with Crippen LogP contribution in [0.5, 0.6) is 11.5 Å². The Balaban J connectivity index is 1.54. The third kappa shape index (κ3) is 8.44. The predicted molar refractivity (Wildman–Crippen MR) is 112 cm³/mol. The normalized spacial score (nSPS) is 10.3. The molecule has 0 bridgehead atoms. The van der Waals surface area contributed by atoms with Crippen LogP contribution in [0.1, 0.15) is 24.0 Å². The van der Waals surface area contributed by atoms with Gasteiger partial charge in [-0.2, -0.15) is 0 Å². The van der Waals surface area contributed by atoms with Crippen molar-refractivity contribution in [3.63, 3.8) is 0 Å². The van der Waals surface area contributed by atoms with Gasteiger partial charge in [-0.3, -0.25) is 9.59 Å². The second-order valence-corrected chi connectivity index (χ2v) is 6.88. The van der Waals surface area contributed by atoms with E-state index in [1.165, 1.54) is 0 Å². The maximum Gasteiger partial charge on any atom is 0.306 e. The van der Waals surface area contributed by atoms with Gasteiger partial charge in [-0.25, -0.2) is 0 Å². The number of hydrogen-bond acceptors (Lipinski definition) is 5. The van der Waals surface area contributed by atoms with Crippen molar-refractivity contribution in [3.05, 3.63) is 58.6 Å². The summed E-state index contributed by atoms with van der Waals surface area (Å²) in [7, 11) is 1.62. The molecule has 1 amide bonds. The standard InChI is InChI=1S/C22H26ClNO5/c1-16-14-19(9-10-20(16)23)28-13-3-4-22(26)29-15-21(25)24-12-11-17-5-7-18(27-2)8-6-17/h5-10,14H,3-4,11-13,15H2,1-2H3,(H,24,25). The largest absolute Gasteiger partial charge is 0.497 e. The second-order valence-electron chi connectivity index (χ2n) is 6.47. The van der Waals surface area contributed by atoms with Crippen LogP contribution in [-0.4, -0.2) is 38.7 Å². The molecule has 0 aromatic heterocycles. The maximum atomic E-state index is 11.8. The predicted octanol–water partition coefficient (Wildman–Crippen LogP) is 3.72. The van der Waals surface area contributed by atoms with Gasteiger partial charge in [-0.15, -0.1) is 0 Å². The number of aryl methyl sites for hydroxylation is 1. The number of methoxy groups -OCH3 is 1. The maximum absolute atomic E-state index is 11.8. The number of hydrogen-bond donors (Lipinski definition) is 1. The van der Waals surface area contributed by atoms with Crippen LogP contribution in [0.4, 0.5) is 0 Å². The molecule has 0 aliphatic heterocycles. The van der Waals surface area contributed by atoms with E-state index in [-0.39, 0.29) is 18.9 Å². The van der Waals surface area contributed by atoms with Crippen molar-refractivity contribution in [2.24, 2.45) is 0 Å². The van der Waals surface area contributed by atoms with Crippen LogP contribution in [0.3, 0.4) is 0 Å². The smallest absolute Gasteiger partial charge is 0.306 e. The summed E-state index contributed by atoms with van der Waals surface area (Å²) >= 11 is 5.96. The Bertz CT molecular complexity index is 807. The van der Waals surface area contributed by atoms with E-state index < -0.39 is 5.97 Å². The summed E-state index contributed by atoms with van der Waals surface area (Å²) in [6.45, 7) is 2.47. The van der Waals surface area contributed by atoms with E-state index >= 15 is 0 Å². The summed E-state index contributed by atoms with van der Waals surface area (Å²) < 4.78 is 15.7. The van der Waals surface area contributed by atoms with Gasteiger partial charge in [0.15, 0.2) is 6.61 Å². The van der Waals surface area contributed by atoms with Crippen molar-refractivity contribution in [2.75, 3.05) is 26.9 Å². The Morgan fingerprint density at radius 1 is 1.07 bits per heavy atom. The van der Waals surface area contributed by atoms with Crippen molar-refractivity contribution < 1.29 is 23.8 Å². The number of esters is 1. The van der Waals surface area contributed by atoms with E-state index in [1.54, 1.807) is 19.2 Å². The summed E-state index contributed by atoms with van der Waals surface area (Å²) in [6.07, 6.45) is 1.37. The van der Waals surface area contributed by atoms with E-state index in [4.69, 9.17) is 25.8 Å². The van der Waals surface area contributed by atoms with Crippen LogP contribution in [0.2, 0.25) is 5.02 Å². The molecule has 156 valence electrons. The molecule has 2 aromatic carbocycles. The molecule has 0 heterocycles. The van der Waals surface area contributed by atoms with E-state index in [2.05, 4.69) is 5.32 Å². The zero-order chi connectivity index (χ0) is 21.1. The highest BCUT2D eigenvalue weighted by atomic mass is 35.5. The minimum absolute atomic E-state index is 0.186. The lowest BCUT2D eigenvalue weighted by Crippen LogP contribution is -2.30. The van der Waals surface area contributed by atoms with Crippen molar-refractivity contribution in [1.82, 2.24) is 5.32 Å². The fraction of sp³-hybridized carbons (Fsp3) is 0.364. The molecule has 6 nitrogen and oxygen atoms in total. The van der Waals surface area contributed by atoms with Crippen molar-refractivity contribution >= 4 is 23.5 Å². The molecule has 0 atom stereocenters. The Morgan fingerprint density at radius 2 is 1.79 bits per heavy atom. The van der Waals surface area contributed by atoms with Crippen LogP contribution in [0.15, 0.2) is 42.5 Å². The summed E-state index contributed by atoms with van der Waals surface area (Å²) in [5.74, 6) is 0.751. The zero-order valence-electron chi connectivity index (χ0n) is 16.7. The van der Waals surface area contributed by atoms with Crippen molar-refractivity contribution in [1.29, 1.82) is 0 Å². The van der Waals surface area contributed by atoms with Crippen LogP contribution in [-0.2, 0) is 20.7 Å². The van der Waals surface area contributed by atoms with Gasteiger partial charge in [0.05, 0.1) is 13.7 Å². The van der Waals surface area contributed by atoms with Crippen LogP contribution in [0, 0.1) is 6.92 Å². The molecular weight excluding hydrogens is 394 g/mol. The number of rotatable bonds is 11. The first-order chi connectivity index (χ1) is 14.0. The minimum atomic E-state index is -0.425. The molecule has 29 heavy (non-hydrogen) atoms. The highest BCUT2D eigenvalue weighted by Crippen LogP contribution is 2.21. The molecular formula is C22H26ClNO5. The average molecular weight is 420 g/mol. The number of benzene rings is 2. The van der Waals surface area contributed by atoms with Gasteiger partial charge in [0.25, 0.3) is 5.91 Å². The van der Waals surface area contributed by atoms with E-state index in [1.807, 2.05) is 37.3 Å². The molecule has 0 saturated heterocycles. The molecule has 0 aliphatic rings. The number of ether oxygens (including phenoxy) is 3. The molecule has 0 aliphatic carbocycles. The van der Waals surface area contributed by atoms with Gasteiger partial charge in [-0.1, -0.05) is 23.7 Å². The number of amides is 1. The van der Waals surface area contributed by atoms with E-state index in [0.29, 0.717) is 36.8 Å². The first kappa shape index (κ1) is 22.6. The second kappa shape index (κ2) is 12.0. The quantitative estimate of drug-likeness (QED) is 0.444. The third-order valence-corrected chi connectivity index (χ3v) is 4.61. The number of nitrogens with one attached hydrogen (secondary N) is 1. The van der Waals surface area contributed by atoms with Crippen LogP contribution in [0.25, 0.3) is 0 Å². The molecule has 2 aromatic rings. The average Bonchev–Trinajstić information content (AvgIpc) is 2.72. The fourth-order valence-electron chi connectivity index (χ4n) is 2.52. The number of halogens is 1. The molecule has 0 radical (unpaired) electrons.